The lowest BCUT2D eigenvalue weighted by molar-refractivity contribution is -0.148. The molecule has 0 aliphatic carbocycles. The number of carboxylic acid groups (broad SMARTS) is 1. The van der Waals surface area contributed by atoms with Crippen molar-refractivity contribution in [3.63, 3.8) is 0 Å². The Kier molecular flexibility index (Phi) is 5.52. The molecule has 0 fully saturated rings. The summed E-state index contributed by atoms with van der Waals surface area (Å²) in [5, 5.41) is 9.19. The van der Waals surface area contributed by atoms with Gasteiger partial charge in [-0.1, -0.05) is 30.3 Å². The fourth-order valence-electron chi connectivity index (χ4n) is 1.61. The molecule has 0 radical (unpaired) electrons. The van der Waals surface area contributed by atoms with Gasteiger partial charge in [0.25, 0.3) is 0 Å². The molecule has 3 N–H and O–H groups in total. The minimum atomic E-state index is -4.24. The largest absolute Gasteiger partial charge is 0.480 e. The van der Waals surface area contributed by atoms with E-state index in [4.69, 9.17) is 10.5 Å². The fraction of sp³-hybridized carbons (Fsp3) is 0.462. The molecule has 0 saturated carbocycles. The molecule has 1 aromatic carbocycles. The molecule has 0 saturated heterocycles. The Morgan fingerprint density at radius 3 is 2.35 bits per heavy atom. The van der Waals surface area contributed by atoms with E-state index in [1.807, 2.05) is 0 Å². The SMILES string of the molecule is NC(COCCCC(F)(F)F)(C(=O)O)c1ccccc1. The van der Waals surface area contributed by atoms with E-state index < -0.39 is 24.1 Å². The number of nitrogens with two attached hydrogens (primary N) is 1. The zero-order valence-electron chi connectivity index (χ0n) is 10.7. The number of ether oxygens (including phenoxy) is 1. The Hall–Kier alpha value is -1.60. The second-order valence-corrected chi connectivity index (χ2v) is 4.41. The zero-order valence-corrected chi connectivity index (χ0v) is 10.7. The van der Waals surface area contributed by atoms with Crippen LogP contribution in [-0.4, -0.2) is 30.5 Å². The third-order valence-electron chi connectivity index (χ3n) is 2.75. The predicted octanol–water partition coefficient (Wildman–Crippen LogP) is 2.28. The average Bonchev–Trinajstić information content (AvgIpc) is 2.37. The molecule has 0 amide bonds. The number of alkyl halides is 3. The lowest BCUT2D eigenvalue weighted by atomic mass is 9.92. The number of hydrogen-bond donors (Lipinski definition) is 2. The number of rotatable bonds is 7. The van der Waals surface area contributed by atoms with Crippen LogP contribution in [0.1, 0.15) is 18.4 Å². The van der Waals surface area contributed by atoms with Crippen molar-refractivity contribution in [3.8, 4) is 0 Å². The van der Waals surface area contributed by atoms with E-state index in [2.05, 4.69) is 0 Å². The van der Waals surface area contributed by atoms with E-state index in [0.717, 1.165) is 0 Å². The third-order valence-corrected chi connectivity index (χ3v) is 2.75. The van der Waals surface area contributed by atoms with E-state index >= 15 is 0 Å². The number of aliphatic carboxylic acids is 1. The van der Waals surface area contributed by atoms with Gasteiger partial charge in [-0.2, -0.15) is 13.2 Å². The van der Waals surface area contributed by atoms with Crippen LogP contribution >= 0.6 is 0 Å². The summed E-state index contributed by atoms with van der Waals surface area (Å²) < 4.78 is 40.8. The quantitative estimate of drug-likeness (QED) is 0.756. The van der Waals surface area contributed by atoms with Crippen LogP contribution in [0.5, 0.6) is 0 Å². The van der Waals surface area contributed by atoms with Crippen molar-refractivity contribution >= 4 is 5.97 Å². The highest BCUT2D eigenvalue weighted by atomic mass is 19.4. The molecule has 0 bridgehead atoms. The first kappa shape index (κ1) is 16.5. The molecule has 1 aromatic rings. The highest BCUT2D eigenvalue weighted by Gasteiger charge is 2.36. The molecule has 0 aromatic heterocycles. The molecular weight excluding hydrogens is 275 g/mol. The molecule has 1 atom stereocenters. The van der Waals surface area contributed by atoms with Gasteiger partial charge in [-0.15, -0.1) is 0 Å². The molecule has 0 heterocycles. The minimum absolute atomic E-state index is 0.196. The lowest BCUT2D eigenvalue weighted by Crippen LogP contribution is -2.49. The van der Waals surface area contributed by atoms with Crippen LogP contribution in [-0.2, 0) is 15.1 Å². The topological polar surface area (TPSA) is 72.5 Å². The van der Waals surface area contributed by atoms with E-state index in [0.29, 0.717) is 5.56 Å². The van der Waals surface area contributed by atoms with Crippen LogP contribution in [0.25, 0.3) is 0 Å². The molecular formula is C13H16F3NO3. The maximum atomic E-state index is 11.9. The maximum Gasteiger partial charge on any atom is 0.389 e. The summed E-state index contributed by atoms with van der Waals surface area (Å²) >= 11 is 0. The van der Waals surface area contributed by atoms with Crippen LogP contribution in [0.4, 0.5) is 13.2 Å². The second-order valence-electron chi connectivity index (χ2n) is 4.41. The van der Waals surface area contributed by atoms with Crippen molar-refractivity contribution < 1.29 is 27.8 Å². The summed E-state index contributed by atoms with van der Waals surface area (Å²) in [4.78, 5) is 11.3. The van der Waals surface area contributed by atoms with Gasteiger partial charge in [-0.25, -0.2) is 4.79 Å². The van der Waals surface area contributed by atoms with Gasteiger partial charge in [0.15, 0.2) is 5.54 Å². The average molecular weight is 291 g/mol. The van der Waals surface area contributed by atoms with Crippen molar-refractivity contribution in [1.82, 2.24) is 0 Å². The van der Waals surface area contributed by atoms with Crippen LogP contribution in [0.15, 0.2) is 30.3 Å². The zero-order chi connectivity index (χ0) is 15.2. The molecule has 7 heteroatoms. The van der Waals surface area contributed by atoms with Gasteiger partial charge in [-0.05, 0) is 12.0 Å². The van der Waals surface area contributed by atoms with Crippen molar-refractivity contribution in [2.24, 2.45) is 5.73 Å². The first-order valence-corrected chi connectivity index (χ1v) is 5.98. The molecule has 4 nitrogen and oxygen atoms in total. The number of carbonyl (C=O) groups is 1. The van der Waals surface area contributed by atoms with Crippen LogP contribution in [0, 0.1) is 0 Å². The summed E-state index contributed by atoms with van der Waals surface area (Å²) in [6.07, 6.45) is -5.44. The Morgan fingerprint density at radius 2 is 1.85 bits per heavy atom. The van der Waals surface area contributed by atoms with Crippen molar-refractivity contribution in [3.05, 3.63) is 35.9 Å². The van der Waals surface area contributed by atoms with E-state index in [1.165, 1.54) is 12.1 Å². The number of carboxylic acids is 1. The van der Waals surface area contributed by atoms with Gasteiger partial charge < -0.3 is 15.6 Å². The number of halogens is 3. The van der Waals surface area contributed by atoms with Crippen molar-refractivity contribution in [2.45, 2.75) is 24.6 Å². The monoisotopic (exact) mass is 291 g/mol. The van der Waals surface area contributed by atoms with Gasteiger partial charge in [0.1, 0.15) is 0 Å². The van der Waals surface area contributed by atoms with Gasteiger partial charge in [-0.3, -0.25) is 0 Å². The lowest BCUT2D eigenvalue weighted by Gasteiger charge is -2.25. The summed E-state index contributed by atoms with van der Waals surface area (Å²) in [5.74, 6) is -1.29. The van der Waals surface area contributed by atoms with E-state index in [-0.39, 0.29) is 19.6 Å². The molecule has 1 unspecified atom stereocenters. The molecule has 0 spiro atoms. The van der Waals surface area contributed by atoms with Gasteiger partial charge in [0, 0.05) is 13.0 Å². The molecule has 20 heavy (non-hydrogen) atoms. The smallest absolute Gasteiger partial charge is 0.389 e. The van der Waals surface area contributed by atoms with Crippen molar-refractivity contribution in [2.75, 3.05) is 13.2 Å². The Morgan fingerprint density at radius 1 is 1.25 bits per heavy atom. The molecule has 0 aliphatic heterocycles. The second kappa shape index (κ2) is 6.71. The van der Waals surface area contributed by atoms with Gasteiger partial charge in [0.05, 0.1) is 6.61 Å². The summed E-state index contributed by atoms with van der Waals surface area (Å²) in [5.41, 5.74) is 4.36. The van der Waals surface area contributed by atoms with Crippen molar-refractivity contribution in [1.29, 1.82) is 0 Å². The standard InChI is InChI=1S/C13H16F3NO3/c14-13(15,16)7-4-8-20-9-12(17,11(18)19)10-5-2-1-3-6-10/h1-3,5-6H,4,7-9,17H2,(H,18,19). The fourth-order valence-corrected chi connectivity index (χ4v) is 1.61. The number of benzene rings is 1. The first-order valence-electron chi connectivity index (χ1n) is 5.98. The van der Waals surface area contributed by atoms with E-state index in [9.17, 15) is 23.1 Å². The maximum absolute atomic E-state index is 11.9. The third kappa shape index (κ3) is 4.82. The van der Waals surface area contributed by atoms with Gasteiger partial charge >= 0.3 is 12.1 Å². The van der Waals surface area contributed by atoms with E-state index in [1.54, 1.807) is 18.2 Å². The minimum Gasteiger partial charge on any atom is -0.480 e. The molecule has 1 rings (SSSR count). The van der Waals surface area contributed by atoms with Crippen LogP contribution in [0.2, 0.25) is 0 Å². The van der Waals surface area contributed by atoms with Crippen LogP contribution in [0.3, 0.4) is 0 Å². The first-order chi connectivity index (χ1) is 9.26. The Balaban J connectivity index is 2.55. The predicted molar refractivity (Wildman–Crippen MR) is 66.1 cm³/mol. The summed E-state index contributed by atoms with van der Waals surface area (Å²) in [6.45, 7) is -0.581. The summed E-state index contributed by atoms with van der Waals surface area (Å²) in [6, 6.07) is 8.03. The normalized spacial score (nSPS) is 14.8. The Bertz CT molecular complexity index is 436. The summed E-state index contributed by atoms with van der Waals surface area (Å²) in [7, 11) is 0. The van der Waals surface area contributed by atoms with Crippen LogP contribution < -0.4 is 5.73 Å². The highest BCUT2D eigenvalue weighted by Crippen LogP contribution is 2.22. The molecule has 112 valence electrons. The molecule has 0 aliphatic rings. The van der Waals surface area contributed by atoms with Gasteiger partial charge in [0.2, 0.25) is 0 Å². The Labute approximate surface area is 114 Å². The highest BCUT2D eigenvalue weighted by molar-refractivity contribution is 5.80. The number of hydrogen-bond acceptors (Lipinski definition) is 3.